The molecular weight excluding hydrogens is 186 g/mol. The smallest absolute Gasteiger partial charge is 0.0650 e. The van der Waals surface area contributed by atoms with E-state index in [-0.39, 0.29) is 0 Å². The van der Waals surface area contributed by atoms with Crippen molar-refractivity contribution in [3.05, 3.63) is 23.8 Å². The molecule has 2 rings (SSSR count). The molecule has 3 nitrogen and oxygen atoms in total. The van der Waals surface area contributed by atoms with Crippen LogP contribution in [-0.4, -0.2) is 19.1 Å². The average Bonchev–Trinajstić information content (AvgIpc) is 2.28. The fraction of sp³-hybridized carbons (Fsp3) is 0.500. The molecule has 1 unspecified atom stereocenters. The Morgan fingerprint density at radius 2 is 2.33 bits per heavy atom. The standard InChI is InChI=1S/C12H19N3/c1-3-15-9(2)8-14-11-6-4-5-10(7-13)12(11)15/h4-6,9,14H,3,7-8,13H2,1-2H3. The molecule has 3 N–H and O–H groups in total. The molecule has 0 saturated carbocycles. The van der Waals surface area contributed by atoms with Crippen molar-refractivity contribution in [2.45, 2.75) is 26.4 Å². The SMILES string of the molecule is CCN1c2c(CN)cccc2NCC1C. The number of hydrogen-bond donors (Lipinski definition) is 2. The summed E-state index contributed by atoms with van der Waals surface area (Å²) >= 11 is 0. The topological polar surface area (TPSA) is 41.3 Å². The molecule has 82 valence electrons. The Morgan fingerprint density at radius 1 is 1.53 bits per heavy atom. The van der Waals surface area contributed by atoms with Crippen LogP contribution in [0, 0.1) is 0 Å². The van der Waals surface area contributed by atoms with E-state index in [0.717, 1.165) is 13.1 Å². The lowest BCUT2D eigenvalue weighted by molar-refractivity contribution is 0.655. The lowest BCUT2D eigenvalue weighted by Gasteiger charge is -2.38. The van der Waals surface area contributed by atoms with Gasteiger partial charge in [0.2, 0.25) is 0 Å². The molecule has 0 spiro atoms. The highest BCUT2D eigenvalue weighted by atomic mass is 15.2. The molecule has 0 saturated heterocycles. The average molecular weight is 205 g/mol. The van der Waals surface area contributed by atoms with E-state index in [0.29, 0.717) is 12.6 Å². The third-order valence-electron chi connectivity index (χ3n) is 3.09. The predicted octanol–water partition coefficient (Wildman–Crippen LogP) is 1.79. The van der Waals surface area contributed by atoms with Crippen molar-refractivity contribution >= 4 is 11.4 Å². The molecule has 1 heterocycles. The van der Waals surface area contributed by atoms with Gasteiger partial charge in [-0.15, -0.1) is 0 Å². The van der Waals surface area contributed by atoms with Gasteiger partial charge in [0.15, 0.2) is 0 Å². The quantitative estimate of drug-likeness (QED) is 0.773. The van der Waals surface area contributed by atoms with Gasteiger partial charge >= 0.3 is 0 Å². The Morgan fingerprint density at radius 3 is 3.00 bits per heavy atom. The number of rotatable bonds is 2. The van der Waals surface area contributed by atoms with E-state index < -0.39 is 0 Å². The van der Waals surface area contributed by atoms with Gasteiger partial charge in [-0.1, -0.05) is 12.1 Å². The van der Waals surface area contributed by atoms with Crippen LogP contribution < -0.4 is 16.0 Å². The summed E-state index contributed by atoms with van der Waals surface area (Å²) < 4.78 is 0. The highest BCUT2D eigenvalue weighted by Crippen LogP contribution is 2.34. The Bertz CT molecular complexity index is 334. The van der Waals surface area contributed by atoms with Crippen molar-refractivity contribution in [3.8, 4) is 0 Å². The number of nitrogens with zero attached hydrogens (tertiary/aromatic N) is 1. The van der Waals surface area contributed by atoms with Gasteiger partial charge in [0, 0.05) is 25.7 Å². The molecule has 0 bridgehead atoms. The van der Waals surface area contributed by atoms with E-state index in [2.05, 4.69) is 42.3 Å². The number of hydrogen-bond acceptors (Lipinski definition) is 3. The number of para-hydroxylation sites is 1. The van der Waals surface area contributed by atoms with Crippen LogP contribution in [0.15, 0.2) is 18.2 Å². The van der Waals surface area contributed by atoms with Crippen LogP contribution in [0.1, 0.15) is 19.4 Å². The Hall–Kier alpha value is -1.22. The monoisotopic (exact) mass is 205 g/mol. The molecule has 0 radical (unpaired) electrons. The van der Waals surface area contributed by atoms with E-state index in [1.165, 1.54) is 16.9 Å². The Balaban J connectivity index is 2.49. The summed E-state index contributed by atoms with van der Waals surface area (Å²) in [7, 11) is 0. The van der Waals surface area contributed by atoms with Gasteiger partial charge in [-0.3, -0.25) is 0 Å². The number of nitrogens with one attached hydrogen (secondary N) is 1. The summed E-state index contributed by atoms with van der Waals surface area (Å²) in [5.41, 5.74) is 9.52. The molecule has 1 aromatic carbocycles. The highest BCUT2D eigenvalue weighted by Gasteiger charge is 2.23. The minimum atomic E-state index is 0.537. The van der Waals surface area contributed by atoms with Crippen LogP contribution >= 0.6 is 0 Å². The maximum Gasteiger partial charge on any atom is 0.0650 e. The molecule has 1 aliphatic heterocycles. The van der Waals surface area contributed by atoms with E-state index in [9.17, 15) is 0 Å². The van der Waals surface area contributed by atoms with Crippen LogP contribution in [0.5, 0.6) is 0 Å². The van der Waals surface area contributed by atoms with Crippen molar-refractivity contribution in [1.82, 2.24) is 0 Å². The van der Waals surface area contributed by atoms with Crippen LogP contribution in [-0.2, 0) is 6.54 Å². The van der Waals surface area contributed by atoms with Crippen LogP contribution in [0.25, 0.3) is 0 Å². The Labute approximate surface area is 91.3 Å². The molecule has 3 heteroatoms. The maximum atomic E-state index is 5.78. The fourth-order valence-electron chi connectivity index (χ4n) is 2.30. The van der Waals surface area contributed by atoms with Crippen LogP contribution in [0.2, 0.25) is 0 Å². The summed E-state index contributed by atoms with van der Waals surface area (Å²) in [6.07, 6.45) is 0. The van der Waals surface area contributed by atoms with Gasteiger partial charge in [-0.05, 0) is 25.5 Å². The molecule has 0 fully saturated rings. The zero-order chi connectivity index (χ0) is 10.8. The first kappa shape index (κ1) is 10.3. The number of nitrogens with two attached hydrogens (primary N) is 1. The lowest BCUT2D eigenvalue weighted by atomic mass is 10.0. The van der Waals surface area contributed by atoms with Crippen molar-refractivity contribution < 1.29 is 0 Å². The third kappa shape index (κ3) is 1.67. The van der Waals surface area contributed by atoms with Gasteiger partial charge in [0.1, 0.15) is 0 Å². The predicted molar refractivity (Wildman–Crippen MR) is 65.3 cm³/mol. The first-order valence-electron chi connectivity index (χ1n) is 5.60. The molecule has 0 amide bonds. The number of anilines is 2. The van der Waals surface area contributed by atoms with Gasteiger partial charge < -0.3 is 16.0 Å². The molecule has 0 aliphatic carbocycles. The van der Waals surface area contributed by atoms with Crippen LogP contribution in [0.3, 0.4) is 0 Å². The summed E-state index contributed by atoms with van der Waals surface area (Å²) in [6, 6.07) is 6.84. The maximum absolute atomic E-state index is 5.78. The molecular formula is C12H19N3. The fourth-order valence-corrected chi connectivity index (χ4v) is 2.30. The van der Waals surface area contributed by atoms with Crippen molar-refractivity contribution in [1.29, 1.82) is 0 Å². The Kier molecular flexibility index (Phi) is 2.82. The first-order chi connectivity index (χ1) is 7.27. The number of likely N-dealkylation sites (N-methyl/N-ethyl adjacent to an activating group) is 1. The number of fused-ring (bicyclic) bond motifs is 1. The second kappa shape index (κ2) is 4.11. The zero-order valence-corrected chi connectivity index (χ0v) is 9.46. The van der Waals surface area contributed by atoms with Gasteiger partial charge in [-0.2, -0.15) is 0 Å². The van der Waals surface area contributed by atoms with E-state index in [4.69, 9.17) is 5.73 Å². The minimum absolute atomic E-state index is 0.537. The molecule has 1 atom stereocenters. The second-order valence-corrected chi connectivity index (χ2v) is 4.03. The molecule has 1 aliphatic rings. The van der Waals surface area contributed by atoms with Crippen molar-refractivity contribution in [2.24, 2.45) is 5.73 Å². The molecule has 15 heavy (non-hydrogen) atoms. The van der Waals surface area contributed by atoms with Gasteiger partial charge in [0.05, 0.1) is 11.4 Å². The van der Waals surface area contributed by atoms with E-state index in [1.807, 2.05) is 0 Å². The zero-order valence-electron chi connectivity index (χ0n) is 9.46. The summed E-state index contributed by atoms with van der Waals surface area (Å²) in [5, 5.41) is 3.45. The normalized spacial score (nSPS) is 19.7. The summed E-state index contributed by atoms with van der Waals surface area (Å²) in [5.74, 6) is 0. The summed E-state index contributed by atoms with van der Waals surface area (Å²) in [6.45, 7) is 7.08. The van der Waals surface area contributed by atoms with E-state index >= 15 is 0 Å². The minimum Gasteiger partial charge on any atom is -0.381 e. The highest BCUT2D eigenvalue weighted by molar-refractivity contribution is 5.76. The van der Waals surface area contributed by atoms with E-state index in [1.54, 1.807) is 0 Å². The van der Waals surface area contributed by atoms with Gasteiger partial charge in [-0.25, -0.2) is 0 Å². The van der Waals surface area contributed by atoms with Crippen molar-refractivity contribution in [2.75, 3.05) is 23.3 Å². The summed E-state index contributed by atoms with van der Waals surface area (Å²) in [4.78, 5) is 2.42. The first-order valence-corrected chi connectivity index (χ1v) is 5.60. The second-order valence-electron chi connectivity index (χ2n) is 4.03. The van der Waals surface area contributed by atoms with Crippen molar-refractivity contribution in [3.63, 3.8) is 0 Å². The molecule has 1 aromatic rings. The van der Waals surface area contributed by atoms with Gasteiger partial charge in [0.25, 0.3) is 0 Å². The largest absolute Gasteiger partial charge is 0.381 e. The van der Waals surface area contributed by atoms with Crippen LogP contribution in [0.4, 0.5) is 11.4 Å². The number of benzene rings is 1. The lowest BCUT2D eigenvalue weighted by Crippen LogP contribution is -2.42. The molecule has 0 aromatic heterocycles. The third-order valence-corrected chi connectivity index (χ3v) is 3.09.